The monoisotopic (exact) mass is 225 g/mol. The molecule has 16 heavy (non-hydrogen) atoms. The van der Waals surface area contributed by atoms with Gasteiger partial charge < -0.3 is 19.9 Å². The minimum Gasteiger partial charge on any atom is -0.478 e. The summed E-state index contributed by atoms with van der Waals surface area (Å²) in [6, 6.07) is 1.43. The maximum Gasteiger partial charge on any atom is 0.339 e. The zero-order chi connectivity index (χ0) is 11.5. The van der Waals surface area contributed by atoms with E-state index in [9.17, 15) is 9.90 Å². The maximum absolute atomic E-state index is 10.8. The van der Waals surface area contributed by atoms with Crippen molar-refractivity contribution in [2.75, 3.05) is 6.54 Å². The van der Waals surface area contributed by atoms with Crippen LogP contribution in [0.5, 0.6) is 0 Å². The zero-order valence-corrected chi connectivity index (χ0v) is 8.85. The van der Waals surface area contributed by atoms with Gasteiger partial charge in [-0.1, -0.05) is 0 Å². The summed E-state index contributed by atoms with van der Waals surface area (Å²) in [4.78, 5) is 10.8. The molecule has 0 amide bonds. The van der Waals surface area contributed by atoms with E-state index in [0.717, 1.165) is 12.8 Å². The molecule has 0 saturated heterocycles. The van der Waals surface area contributed by atoms with Gasteiger partial charge in [0.2, 0.25) is 0 Å². The molecule has 1 aliphatic rings. The van der Waals surface area contributed by atoms with Gasteiger partial charge in [0.15, 0.2) is 0 Å². The van der Waals surface area contributed by atoms with Crippen molar-refractivity contribution < 1.29 is 19.4 Å². The van der Waals surface area contributed by atoms with Crippen LogP contribution in [0.4, 0.5) is 0 Å². The standard InChI is InChI=1S/C11H15NO4/c13-9(7-1-2-7)5-12-6-10-8(11(14)15)3-4-16-10/h3-4,7,9,12-13H,1-2,5-6H2,(H,14,15). The van der Waals surface area contributed by atoms with Gasteiger partial charge in [-0.05, 0) is 24.8 Å². The molecule has 5 nitrogen and oxygen atoms in total. The van der Waals surface area contributed by atoms with Gasteiger partial charge in [0.25, 0.3) is 0 Å². The number of furan rings is 1. The molecule has 5 heteroatoms. The average Bonchev–Trinajstić information content (AvgIpc) is 2.98. The Hall–Kier alpha value is -1.33. The molecule has 1 atom stereocenters. The molecule has 0 bridgehead atoms. The lowest BCUT2D eigenvalue weighted by Crippen LogP contribution is -2.28. The van der Waals surface area contributed by atoms with Crippen LogP contribution in [-0.2, 0) is 6.54 Å². The lowest BCUT2D eigenvalue weighted by molar-refractivity contribution is 0.0694. The molecular formula is C11H15NO4. The second-order valence-corrected chi connectivity index (χ2v) is 4.10. The number of carboxylic acids is 1. The SMILES string of the molecule is O=C(O)c1ccoc1CNCC(O)C1CC1. The first-order valence-corrected chi connectivity index (χ1v) is 5.37. The van der Waals surface area contributed by atoms with Crippen LogP contribution in [0.1, 0.15) is 29.0 Å². The maximum atomic E-state index is 10.8. The molecule has 1 aliphatic carbocycles. The lowest BCUT2D eigenvalue weighted by atomic mass is 10.2. The predicted molar refractivity (Wildman–Crippen MR) is 56.1 cm³/mol. The second-order valence-electron chi connectivity index (χ2n) is 4.10. The Morgan fingerprint density at radius 2 is 2.38 bits per heavy atom. The van der Waals surface area contributed by atoms with Gasteiger partial charge >= 0.3 is 5.97 Å². The van der Waals surface area contributed by atoms with Crippen molar-refractivity contribution in [2.24, 2.45) is 5.92 Å². The summed E-state index contributed by atoms with van der Waals surface area (Å²) in [5, 5.41) is 21.4. The van der Waals surface area contributed by atoms with Crippen molar-refractivity contribution in [3.05, 3.63) is 23.7 Å². The van der Waals surface area contributed by atoms with Gasteiger partial charge in [0.05, 0.1) is 18.9 Å². The second kappa shape index (κ2) is 4.67. The van der Waals surface area contributed by atoms with Crippen LogP contribution in [0.2, 0.25) is 0 Å². The van der Waals surface area contributed by atoms with Crippen molar-refractivity contribution in [3.8, 4) is 0 Å². The normalized spacial score (nSPS) is 17.3. The van der Waals surface area contributed by atoms with Crippen LogP contribution in [0.25, 0.3) is 0 Å². The molecule has 0 aromatic carbocycles. The van der Waals surface area contributed by atoms with E-state index >= 15 is 0 Å². The van der Waals surface area contributed by atoms with Crippen molar-refractivity contribution in [2.45, 2.75) is 25.5 Å². The first-order valence-electron chi connectivity index (χ1n) is 5.37. The number of aliphatic hydroxyl groups is 1. The van der Waals surface area contributed by atoms with Gasteiger partial charge in [-0.3, -0.25) is 0 Å². The largest absolute Gasteiger partial charge is 0.478 e. The molecular weight excluding hydrogens is 210 g/mol. The highest BCUT2D eigenvalue weighted by atomic mass is 16.4. The van der Waals surface area contributed by atoms with Crippen LogP contribution in [0, 0.1) is 5.92 Å². The number of carboxylic acid groups (broad SMARTS) is 1. The number of carbonyl (C=O) groups is 1. The first-order chi connectivity index (χ1) is 7.68. The molecule has 1 unspecified atom stereocenters. The molecule has 88 valence electrons. The Morgan fingerprint density at radius 3 is 3.00 bits per heavy atom. The fraction of sp³-hybridized carbons (Fsp3) is 0.545. The number of nitrogens with one attached hydrogen (secondary N) is 1. The summed E-state index contributed by atoms with van der Waals surface area (Å²) in [7, 11) is 0. The van der Waals surface area contributed by atoms with E-state index < -0.39 is 5.97 Å². The third kappa shape index (κ3) is 2.62. The fourth-order valence-corrected chi connectivity index (χ4v) is 1.65. The molecule has 1 fully saturated rings. The van der Waals surface area contributed by atoms with Crippen LogP contribution < -0.4 is 5.32 Å². The van der Waals surface area contributed by atoms with E-state index in [1.807, 2.05) is 0 Å². The number of rotatable bonds is 6. The van der Waals surface area contributed by atoms with Crippen LogP contribution in [-0.4, -0.2) is 28.8 Å². The van der Waals surface area contributed by atoms with E-state index in [4.69, 9.17) is 9.52 Å². The fourth-order valence-electron chi connectivity index (χ4n) is 1.65. The molecule has 1 saturated carbocycles. The van der Waals surface area contributed by atoms with Crippen molar-refractivity contribution in [1.82, 2.24) is 5.32 Å². The van der Waals surface area contributed by atoms with E-state index in [0.29, 0.717) is 24.8 Å². The molecule has 0 spiro atoms. The highest BCUT2D eigenvalue weighted by Crippen LogP contribution is 2.32. The summed E-state index contributed by atoms with van der Waals surface area (Å²) in [5.41, 5.74) is 0.174. The Labute approximate surface area is 93.1 Å². The molecule has 2 rings (SSSR count). The summed E-state index contributed by atoms with van der Waals surface area (Å²) >= 11 is 0. The van der Waals surface area contributed by atoms with Crippen molar-refractivity contribution in [3.63, 3.8) is 0 Å². The van der Waals surface area contributed by atoms with E-state index in [1.165, 1.54) is 12.3 Å². The third-order valence-electron chi connectivity index (χ3n) is 2.78. The summed E-state index contributed by atoms with van der Waals surface area (Å²) in [5.74, 6) is -0.174. The highest BCUT2D eigenvalue weighted by molar-refractivity contribution is 5.88. The van der Waals surface area contributed by atoms with Gasteiger partial charge in [0, 0.05) is 6.54 Å². The van der Waals surface area contributed by atoms with Crippen LogP contribution >= 0.6 is 0 Å². The first kappa shape index (κ1) is 11.2. The van der Waals surface area contributed by atoms with Crippen molar-refractivity contribution >= 4 is 5.97 Å². The zero-order valence-electron chi connectivity index (χ0n) is 8.85. The molecule has 3 N–H and O–H groups in total. The molecule has 1 aromatic rings. The third-order valence-corrected chi connectivity index (χ3v) is 2.78. The van der Waals surface area contributed by atoms with Crippen molar-refractivity contribution in [1.29, 1.82) is 0 Å². The van der Waals surface area contributed by atoms with E-state index in [1.54, 1.807) is 0 Å². The number of aromatic carboxylic acids is 1. The summed E-state index contributed by atoms with van der Waals surface area (Å²) in [6.45, 7) is 0.808. The van der Waals surface area contributed by atoms with E-state index in [-0.39, 0.29) is 11.7 Å². The Morgan fingerprint density at radius 1 is 1.62 bits per heavy atom. The number of aliphatic hydroxyl groups excluding tert-OH is 1. The van der Waals surface area contributed by atoms with Gasteiger partial charge in [-0.15, -0.1) is 0 Å². The number of hydrogen-bond donors (Lipinski definition) is 3. The predicted octanol–water partition coefficient (Wildman–Crippen LogP) is 0.838. The molecule has 0 aliphatic heterocycles. The van der Waals surface area contributed by atoms with Gasteiger partial charge in [-0.25, -0.2) is 4.79 Å². The lowest BCUT2D eigenvalue weighted by Gasteiger charge is -2.09. The van der Waals surface area contributed by atoms with Gasteiger partial charge in [0.1, 0.15) is 11.3 Å². The minimum atomic E-state index is -0.992. The number of hydrogen-bond acceptors (Lipinski definition) is 4. The van der Waals surface area contributed by atoms with Gasteiger partial charge in [-0.2, -0.15) is 0 Å². The van der Waals surface area contributed by atoms with E-state index in [2.05, 4.69) is 5.32 Å². The quantitative estimate of drug-likeness (QED) is 0.668. The summed E-state index contributed by atoms with van der Waals surface area (Å²) < 4.78 is 5.06. The topological polar surface area (TPSA) is 82.7 Å². The average molecular weight is 225 g/mol. The molecule has 0 radical (unpaired) electrons. The summed E-state index contributed by atoms with van der Waals surface area (Å²) in [6.07, 6.45) is 3.20. The highest BCUT2D eigenvalue weighted by Gasteiger charge is 2.29. The molecule has 1 heterocycles. The van der Waals surface area contributed by atoms with Crippen LogP contribution in [0.3, 0.4) is 0 Å². The smallest absolute Gasteiger partial charge is 0.339 e. The Bertz CT molecular complexity index is 370. The van der Waals surface area contributed by atoms with Crippen LogP contribution in [0.15, 0.2) is 16.7 Å². The molecule has 1 aromatic heterocycles. The minimum absolute atomic E-state index is 0.174. The Kier molecular flexibility index (Phi) is 3.26. The Balaban J connectivity index is 1.80.